The van der Waals surface area contributed by atoms with Crippen molar-refractivity contribution in [2.24, 2.45) is 0 Å². The van der Waals surface area contributed by atoms with Gasteiger partial charge in [-0.1, -0.05) is 18.2 Å². The summed E-state index contributed by atoms with van der Waals surface area (Å²) in [5.74, 6) is -2.20. The third-order valence-electron chi connectivity index (χ3n) is 6.41. The summed E-state index contributed by atoms with van der Waals surface area (Å²) >= 11 is 0. The summed E-state index contributed by atoms with van der Waals surface area (Å²) in [6, 6.07) is 5.19. The van der Waals surface area contributed by atoms with Gasteiger partial charge in [0, 0.05) is 38.3 Å². The van der Waals surface area contributed by atoms with Crippen LogP contribution in [0.3, 0.4) is 0 Å². The molecule has 6 N–H and O–H groups in total. The number of amides is 3. The standard InChI is InChI=1S/C28H37F6N7O3/c1-35-11-13-41(14-12-36-2)40-24(42)17-22(37-3)25(43)39-23(15-18-7-9-19(10-8-18)27(29,30)31)26(44)38-21-6-4-5-20(16-21)28(32,33)34/h4-10,16,22-23,35-37H,11-15,17H2,1-3H3,(H,38,44)(H,39,43)(H,40,42)/t22-,23-/m0/s1. The summed E-state index contributed by atoms with van der Waals surface area (Å²) < 4.78 is 78.6. The molecule has 0 bridgehead atoms. The Bertz CT molecular complexity index is 1220. The zero-order valence-corrected chi connectivity index (χ0v) is 24.5. The molecule has 0 aliphatic heterocycles. The van der Waals surface area contributed by atoms with Gasteiger partial charge in [-0.3, -0.25) is 19.8 Å². The van der Waals surface area contributed by atoms with E-state index in [9.17, 15) is 40.7 Å². The van der Waals surface area contributed by atoms with Crippen LogP contribution in [0.25, 0.3) is 0 Å². The number of carbonyl (C=O) groups excluding carboxylic acids is 3. The molecule has 0 saturated carbocycles. The lowest BCUT2D eigenvalue weighted by Gasteiger charge is -2.25. The summed E-state index contributed by atoms with van der Waals surface area (Å²) in [7, 11) is 4.93. The lowest BCUT2D eigenvalue weighted by Crippen LogP contribution is -2.54. The van der Waals surface area contributed by atoms with Gasteiger partial charge in [0.15, 0.2) is 0 Å². The van der Waals surface area contributed by atoms with Gasteiger partial charge in [0.25, 0.3) is 0 Å². The number of nitrogens with one attached hydrogen (secondary N) is 6. The van der Waals surface area contributed by atoms with E-state index in [0.29, 0.717) is 32.2 Å². The molecule has 10 nitrogen and oxygen atoms in total. The van der Waals surface area contributed by atoms with Gasteiger partial charge < -0.3 is 26.6 Å². The van der Waals surface area contributed by atoms with E-state index in [4.69, 9.17) is 0 Å². The van der Waals surface area contributed by atoms with Gasteiger partial charge in [0.1, 0.15) is 6.04 Å². The average Bonchev–Trinajstić information content (AvgIpc) is 2.96. The SMILES string of the molecule is CNCCN(CCNC)NC(=O)C[C@H](NC)C(=O)N[C@@H](Cc1ccc(C(F)(F)F)cc1)C(=O)Nc1cccc(C(F)(F)F)c1. The van der Waals surface area contributed by atoms with Crippen LogP contribution in [0.2, 0.25) is 0 Å². The van der Waals surface area contributed by atoms with Gasteiger partial charge in [-0.25, -0.2) is 5.01 Å². The van der Waals surface area contributed by atoms with E-state index < -0.39 is 53.3 Å². The predicted octanol–water partition coefficient (Wildman–Crippen LogP) is 2.14. The van der Waals surface area contributed by atoms with Crippen molar-refractivity contribution < 1.29 is 40.7 Å². The lowest BCUT2D eigenvalue weighted by molar-refractivity contribution is -0.138. The number of hydrogen-bond donors (Lipinski definition) is 6. The predicted molar refractivity (Wildman–Crippen MR) is 152 cm³/mol. The van der Waals surface area contributed by atoms with Crippen LogP contribution in [0.15, 0.2) is 48.5 Å². The van der Waals surface area contributed by atoms with Crippen LogP contribution in [0.4, 0.5) is 32.0 Å². The second-order valence-corrected chi connectivity index (χ2v) is 9.80. The average molecular weight is 634 g/mol. The molecule has 0 heterocycles. The summed E-state index contributed by atoms with van der Waals surface area (Å²) in [4.78, 5) is 39.2. The first kappa shape index (κ1) is 36.5. The first-order valence-electron chi connectivity index (χ1n) is 13.6. The van der Waals surface area contributed by atoms with Gasteiger partial charge >= 0.3 is 12.4 Å². The molecule has 0 aromatic heterocycles. The summed E-state index contributed by atoms with van der Waals surface area (Å²) in [5, 5.41) is 15.1. The van der Waals surface area contributed by atoms with Gasteiger partial charge in [-0.2, -0.15) is 26.3 Å². The third kappa shape index (κ3) is 12.1. The number of likely N-dealkylation sites (N-methyl/N-ethyl adjacent to an activating group) is 3. The highest BCUT2D eigenvalue weighted by atomic mass is 19.4. The van der Waals surface area contributed by atoms with Gasteiger partial charge in [-0.05, 0) is 57.0 Å². The molecule has 2 rings (SSSR count). The molecule has 0 spiro atoms. The van der Waals surface area contributed by atoms with Gasteiger partial charge in [0.05, 0.1) is 23.6 Å². The quantitative estimate of drug-likeness (QED) is 0.124. The molecular formula is C28H37F6N7O3. The summed E-state index contributed by atoms with van der Waals surface area (Å²) in [6.45, 7) is 2.11. The molecule has 244 valence electrons. The smallest absolute Gasteiger partial charge is 0.343 e. The number of benzene rings is 2. The number of halogens is 6. The van der Waals surface area contributed by atoms with Crippen molar-refractivity contribution in [1.82, 2.24) is 31.7 Å². The highest BCUT2D eigenvalue weighted by molar-refractivity contribution is 5.98. The van der Waals surface area contributed by atoms with Crippen LogP contribution in [-0.4, -0.2) is 82.1 Å². The monoisotopic (exact) mass is 633 g/mol. The first-order chi connectivity index (χ1) is 20.7. The van der Waals surface area contributed by atoms with Crippen LogP contribution in [0.5, 0.6) is 0 Å². The Balaban J connectivity index is 2.23. The number of anilines is 1. The van der Waals surface area contributed by atoms with E-state index in [1.165, 1.54) is 13.1 Å². The number of hydrogen-bond acceptors (Lipinski definition) is 7. The zero-order valence-electron chi connectivity index (χ0n) is 24.5. The van der Waals surface area contributed by atoms with Crippen molar-refractivity contribution in [2.75, 3.05) is 52.6 Å². The highest BCUT2D eigenvalue weighted by Gasteiger charge is 2.32. The number of carbonyl (C=O) groups is 3. The number of hydrazine groups is 1. The Hall–Kier alpha value is -3.73. The molecule has 3 amide bonds. The second kappa shape index (κ2) is 16.9. The van der Waals surface area contributed by atoms with Crippen LogP contribution in [0.1, 0.15) is 23.1 Å². The van der Waals surface area contributed by atoms with Crippen molar-refractivity contribution in [3.05, 3.63) is 65.2 Å². The molecule has 0 aliphatic carbocycles. The van der Waals surface area contributed by atoms with Crippen molar-refractivity contribution >= 4 is 23.4 Å². The second-order valence-electron chi connectivity index (χ2n) is 9.80. The van der Waals surface area contributed by atoms with Crippen LogP contribution >= 0.6 is 0 Å². The fourth-order valence-corrected chi connectivity index (χ4v) is 4.00. The largest absolute Gasteiger partial charge is 0.416 e. The zero-order chi connectivity index (χ0) is 32.9. The van der Waals surface area contributed by atoms with Crippen molar-refractivity contribution in [3.63, 3.8) is 0 Å². The number of alkyl halides is 6. The Morgan fingerprint density at radius 2 is 1.36 bits per heavy atom. The molecule has 2 aromatic rings. The number of nitrogens with zero attached hydrogens (tertiary/aromatic N) is 1. The molecular weight excluding hydrogens is 596 g/mol. The molecule has 2 atom stereocenters. The van der Waals surface area contributed by atoms with E-state index in [-0.39, 0.29) is 24.1 Å². The third-order valence-corrected chi connectivity index (χ3v) is 6.41. The van der Waals surface area contributed by atoms with Crippen molar-refractivity contribution in [1.29, 1.82) is 0 Å². The van der Waals surface area contributed by atoms with Crippen LogP contribution in [0, 0.1) is 0 Å². The Morgan fingerprint density at radius 1 is 0.773 bits per heavy atom. The normalized spacial score (nSPS) is 13.3. The Labute approximate surface area is 251 Å². The number of rotatable bonds is 16. The Morgan fingerprint density at radius 3 is 1.89 bits per heavy atom. The van der Waals surface area contributed by atoms with Crippen molar-refractivity contribution in [2.45, 2.75) is 37.3 Å². The maximum atomic E-state index is 13.2. The first-order valence-corrected chi connectivity index (χ1v) is 13.6. The van der Waals surface area contributed by atoms with Gasteiger partial charge in [-0.15, -0.1) is 0 Å². The van der Waals surface area contributed by atoms with E-state index in [0.717, 1.165) is 36.4 Å². The molecule has 0 unspecified atom stereocenters. The fourth-order valence-electron chi connectivity index (χ4n) is 4.00. The summed E-state index contributed by atoms with van der Waals surface area (Å²) in [6.07, 6.45) is -9.90. The molecule has 0 fully saturated rings. The van der Waals surface area contributed by atoms with Crippen molar-refractivity contribution in [3.8, 4) is 0 Å². The lowest BCUT2D eigenvalue weighted by atomic mass is 10.0. The molecule has 44 heavy (non-hydrogen) atoms. The maximum absolute atomic E-state index is 13.2. The van der Waals surface area contributed by atoms with E-state index in [2.05, 4.69) is 32.0 Å². The topological polar surface area (TPSA) is 127 Å². The minimum absolute atomic E-state index is 0.204. The molecule has 16 heteroatoms. The van der Waals surface area contributed by atoms with Crippen LogP contribution in [-0.2, 0) is 33.2 Å². The maximum Gasteiger partial charge on any atom is 0.416 e. The fraction of sp³-hybridized carbons (Fsp3) is 0.464. The molecule has 2 aromatic carbocycles. The van der Waals surface area contributed by atoms with Crippen LogP contribution < -0.4 is 32.0 Å². The van der Waals surface area contributed by atoms with Gasteiger partial charge in [0.2, 0.25) is 17.7 Å². The Kier molecular flexibility index (Phi) is 14.0. The minimum Gasteiger partial charge on any atom is -0.343 e. The summed E-state index contributed by atoms with van der Waals surface area (Å²) in [5.41, 5.74) is 0.822. The minimum atomic E-state index is -4.68. The molecule has 0 radical (unpaired) electrons. The van der Waals surface area contributed by atoms with E-state index >= 15 is 0 Å². The van der Waals surface area contributed by atoms with E-state index in [1.54, 1.807) is 19.1 Å². The molecule has 0 saturated heterocycles. The van der Waals surface area contributed by atoms with E-state index in [1.807, 2.05) is 0 Å². The highest BCUT2D eigenvalue weighted by Crippen LogP contribution is 2.31. The molecule has 0 aliphatic rings.